The number of hydrogen-bond acceptors (Lipinski definition) is 6. The molecule has 0 saturated carbocycles. The molecule has 2 N–H and O–H groups in total. The number of imide groups is 1. The maximum absolute atomic E-state index is 12.1. The van der Waals surface area contributed by atoms with Crippen molar-refractivity contribution < 1.29 is 27.5 Å². The normalized spacial score (nSPS) is 10.7. The van der Waals surface area contributed by atoms with Gasteiger partial charge in [0.05, 0.1) is 10.5 Å². The van der Waals surface area contributed by atoms with Gasteiger partial charge in [-0.15, -0.1) is 6.58 Å². The third-order valence-corrected chi connectivity index (χ3v) is 4.84. The molecule has 0 aromatic heterocycles. The van der Waals surface area contributed by atoms with Gasteiger partial charge < -0.3 is 4.74 Å². The van der Waals surface area contributed by atoms with Crippen LogP contribution in [-0.4, -0.2) is 39.4 Å². The summed E-state index contributed by atoms with van der Waals surface area (Å²) in [7, 11) is -3.81. The number of carbonyl (C=O) groups excluding carboxylic acids is 3. The lowest BCUT2D eigenvalue weighted by Crippen LogP contribution is -2.34. The lowest BCUT2D eigenvalue weighted by Gasteiger charge is -2.08. The Labute approximate surface area is 162 Å². The molecule has 2 rings (SSSR count). The highest BCUT2D eigenvalue weighted by atomic mass is 32.2. The third-order valence-electron chi connectivity index (χ3n) is 3.42. The average Bonchev–Trinajstić information content (AvgIpc) is 2.71. The van der Waals surface area contributed by atoms with Gasteiger partial charge in [-0.3, -0.25) is 14.9 Å². The van der Waals surface area contributed by atoms with Crippen molar-refractivity contribution in [2.75, 3.05) is 13.2 Å². The van der Waals surface area contributed by atoms with Crippen LogP contribution in [0.15, 0.2) is 72.1 Å². The number of esters is 1. The molecule has 0 unspecified atom stereocenters. The smallest absolute Gasteiger partial charge is 0.338 e. The number of sulfonamides is 1. The number of nitrogens with one attached hydrogen (secondary N) is 2. The van der Waals surface area contributed by atoms with E-state index in [0.29, 0.717) is 0 Å². The lowest BCUT2D eigenvalue weighted by molar-refractivity contribution is -0.123. The predicted molar refractivity (Wildman–Crippen MR) is 101 cm³/mol. The van der Waals surface area contributed by atoms with Crippen LogP contribution in [-0.2, 0) is 19.6 Å². The van der Waals surface area contributed by atoms with Crippen molar-refractivity contribution in [1.82, 2.24) is 10.0 Å². The molecule has 2 aromatic rings. The van der Waals surface area contributed by atoms with Crippen LogP contribution in [0.25, 0.3) is 0 Å². The Kier molecular flexibility index (Phi) is 7.19. The lowest BCUT2D eigenvalue weighted by atomic mass is 10.2. The highest BCUT2D eigenvalue weighted by molar-refractivity contribution is 7.89. The van der Waals surface area contributed by atoms with Crippen molar-refractivity contribution in [2.24, 2.45) is 0 Å². The molecule has 0 fully saturated rings. The van der Waals surface area contributed by atoms with Gasteiger partial charge >= 0.3 is 5.97 Å². The van der Waals surface area contributed by atoms with Gasteiger partial charge in [-0.1, -0.05) is 30.3 Å². The summed E-state index contributed by atoms with van der Waals surface area (Å²) in [6.45, 7) is 2.76. The summed E-state index contributed by atoms with van der Waals surface area (Å²) < 4.78 is 31.3. The molecule has 28 heavy (non-hydrogen) atoms. The van der Waals surface area contributed by atoms with Gasteiger partial charge in [-0.05, 0) is 30.3 Å². The quantitative estimate of drug-likeness (QED) is 0.507. The van der Waals surface area contributed by atoms with Crippen molar-refractivity contribution in [1.29, 1.82) is 0 Å². The van der Waals surface area contributed by atoms with Crippen LogP contribution in [0.3, 0.4) is 0 Å². The SMILES string of the molecule is C=CCNS(=O)(=O)c1cccc(C(=O)OCC(=O)NC(=O)c2ccccc2)c1. The van der Waals surface area contributed by atoms with Crippen LogP contribution < -0.4 is 10.0 Å². The maximum atomic E-state index is 12.1. The molecule has 0 heterocycles. The molecule has 0 aliphatic heterocycles. The van der Waals surface area contributed by atoms with Crippen LogP contribution in [0, 0.1) is 0 Å². The fraction of sp³-hybridized carbons (Fsp3) is 0.105. The third kappa shape index (κ3) is 5.86. The molecule has 0 aliphatic carbocycles. The molecule has 0 bridgehead atoms. The van der Waals surface area contributed by atoms with Crippen LogP contribution in [0.2, 0.25) is 0 Å². The molecule has 0 aliphatic rings. The van der Waals surface area contributed by atoms with E-state index in [1.54, 1.807) is 18.2 Å². The minimum absolute atomic E-state index is 0.0343. The Morgan fingerprint density at radius 2 is 1.68 bits per heavy atom. The fourth-order valence-electron chi connectivity index (χ4n) is 2.08. The first kappa shape index (κ1) is 21.0. The summed E-state index contributed by atoms with van der Waals surface area (Å²) in [4.78, 5) is 35.6. The molecule has 8 nitrogen and oxygen atoms in total. The minimum Gasteiger partial charge on any atom is -0.452 e. The zero-order valence-electron chi connectivity index (χ0n) is 14.8. The van der Waals surface area contributed by atoms with Gasteiger partial charge in [-0.25, -0.2) is 17.9 Å². The Hall–Kier alpha value is -3.30. The summed E-state index contributed by atoms with van der Waals surface area (Å²) in [5.74, 6) is -2.33. The second-order valence-electron chi connectivity index (χ2n) is 5.49. The standard InChI is InChI=1S/C19H18N2O6S/c1-2-11-20-28(25,26)16-10-6-9-15(12-16)19(24)27-13-17(22)21-18(23)14-7-4-3-5-8-14/h2-10,12,20H,1,11,13H2,(H,21,22,23). The van der Waals surface area contributed by atoms with Crippen molar-refractivity contribution in [3.63, 3.8) is 0 Å². The van der Waals surface area contributed by atoms with Crippen LogP contribution in [0.4, 0.5) is 0 Å². The molecule has 0 atom stereocenters. The monoisotopic (exact) mass is 402 g/mol. The van der Waals surface area contributed by atoms with Gasteiger partial charge in [0.25, 0.3) is 11.8 Å². The summed E-state index contributed by atoms with van der Waals surface area (Å²) in [6.07, 6.45) is 1.38. The number of ether oxygens (including phenoxy) is 1. The summed E-state index contributed by atoms with van der Waals surface area (Å²) in [5, 5.41) is 2.09. The average molecular weight is 402 g/mol. The summed E-state index contributed by atoms with van der Waals surface area (Å²) in [6, 6.07) is 13.2. The van der Waals surface area contributed by atoms with E-state index in [1.165, 1.54) is 36.4 Å². The highest BCUT2D eigenvalue weighted by Crippen LogP contribution is 2.12. The van der Waals surface area contributed by atoms with E-state index in [2.05, 4.69) is 16.6 Å². The van der Waals surface area contributed by atoms with Gasteiger partial charge in [0.2, 0.25) is 10.0 Å². The first-order valence-electron chi connectivity index (χ1n) is 8.10. The number of rotatable bonds is 8. The van der Waals surface area contributed by atoms with E-state index in [0.717, 1.165) is 6.07 Å². The molecule has 2 amide bonds. The van der Waals surface area contributed by atoms with E-state index >= 15 is 0 Å². The first-order chi connectivity index (χ1) is 13.3. The molecular formula is C19H18N2O6S. The van der Waals surface area contributed by atoms with Crippen molar-refractivity contribution in [2.45, 2.75) is 4.90 Å². The van der Waals surface area contributed by atoms with Crippen molar-refractivity contribution in [3.05, 3.63) is 78.4 Å². The van der Waals surface area contributed by atoms with Gasteiger partial charge in [0.1, 0.15) is 0 Å². The number of hydrogen-bond donors (Lipinski definition) is 2. The molecule has 146 valence electrons. The fourth-order valence-corrected chi connectivity index (χ4v) is 3.12. The second kappa shape index (κ2) is 9.58. The zero-order chi connectivity index (χ0) is 20.6. The molecule has 9 heteroatoms. The topological polar surface area (TPSA) is 119 Å². The van der Waals surface area contributed by atoms with Gasteiger partial charge in [0.15, 0.2) is 6.61 Å². The maximum Gasteiger partial charge on any atom is 0.338 e. The largest absolute Gasteiger partial charge is 0.452 e. The van der Waals surface area contributed by atoms with E-state index in [1.807, 2.05) is 0 Å². The number of carbonyl (C=O) groups is 3. The van der Waals surface area contributed by atoms with Gasteiger partial charge in [-0.2, -0.15) is 0 Å². The Bertz CT molecular complexity index is 986. The predicted octanol–water partition coefficient (Wildman–Crippen LogP) is 1.26. The number of amides is 2. The minimum atomic E-state index is -3.81. The first-order valence-corrected chi connectivity index (χ1v) is 9.59. The van der Waals surface area contributed by atoms with Crippen LogP contribution in [0.5, 0.6) is 0 Å². The van der Waals surface area contributed by atoms with Crippen LogP contribution in [0.1, 0.15) is 20.7 Å². The van der Waals surface area contributed by atoms with Crippen LogP contribution >= 0.6 is 0 Å². The Morgan fingerprint density at radius 1 is 1.00 bits per heavy atom. The summed E-state index contributed by atoms with van der Waals surface area (Å²) >= 11 is 0. The van der Waals surface area contributed by atoms with E-state index in [4.69, 9.17) is 4.74 Å². The van der Waals surface area contributed by atoms with E-state index < -0.39 is 34.4 Å². The van der Waals surface area contributed by atoms with E-state index in [9.17, 15) is 22.8 Å². The highest BCUT2D eigenvalue weighted by Gasteiger charge is 2.17. The van der Waals surface area contributed by atoms with Crippen molar-refractivity contribution >= 4 is 27.8 Å². The molecule has 0 radical (unpaired) electrons. The second-order valence-corrected chi connectivity index (χ2v) is 7.25. The molecular weight excluding hydrogens is 384 g/mol. The zero-order valence-corrected chi connectivity index (χ0v) is 15.6. The van der Waals surface area contributed by atoms with Gasteiger partial charge in [0, 0.05) is 12.1 Å². The Morgan fingerprint density at radius 3 is 2.36 bits per heavy atom. The Balaban J connectivity index is 1.96. The summed E-state index contributed by atoms with van der Waals surface area (Å²) in [5.41, 5.74) is 0.232. The molecule has 2 aromatic carbocycles. The number of benzene rings is 2. The molecule has 0 spiro atoms. The van der Waals surface area contributed by atoms with E-state index in [-0.39, 0.29) is 22.6 Å². The molecule has 0 saturated heterocycles. The van der Waals surface area contributed by atoms with Crippen molar-refractivity contribution in [3.8, 4) is 0 Å².